The van der Waals surface area contributed by atoms with E-state index in [-0.39, 0.29) is 27.0 Å². The molecule has 0 amide bonds. The van der Waals surface area contributed by atoms with E-state index in [1.165, 1.54) is 13.2 Å². The molecule has 0 aliphatic rings. The van der Waals surface area contributed by atoms with Gasteiger partial charge in [0.2, 0.25) is 0 Å². The lowest BCUT2D eigenvalue weighted by molar-refractivity contribution is 0.0691. The molecule has 0 radical (unpaired) electrons. The van der Waals surface area contributed by atoms with E-state index in [4.69, 9.17) is 21.4 Å². The number of halogens is 1. The molecule has 0 atom stereocenters. The summed E-state index contributed by atoms with van der Waals surface area (Å²) in [5, 5.41) is 9.04. The summed E-state index contributed by atoms with van der Waals surface area (Å²) < 4.78 is 31.7. The van der Waals surface area contributed by atoms with Crippen LogP contribution in [0.5, 0.6) is 5.75 Å². The first-order valence-electron chi connectivity index (χ1n) is 5.62. The Morgan fingerprint density at radius 1 is 1.43 bits per heavy atom. The summed E-state index contributed by atoms with van der Waals surface area (Å²) in [7, 11) is -2.60. The molecule has 0 saturated heterocycles. The van der Waals surface area contributed by atoms with Crippen molar-refractivity contribution in [2.24, 2.45) is 0 Å². The first kappa shape index (κ1) is 15.2. The number of methoxy groups -OCH3 is 1. The average Bonchev–Trinajstić information content (AvgIpc) is 2.89. The summed E-state index contributed by atoms with van der Waals surface area (Å²) in [6.45, 7) is 0. The molecular weight excluding hydrogens is 320 g/mol. The maximum Gasteiger partial charge on any atom is 0.352 e. The number of carboxylic acid groups (broad SMARTS) is 1. The molecule has 0 spiro atoms. The van der Waals surface area contributed by atoms with Crippen LogP contribution in [0.1, 0.15) is 10.5 Å². The third-order valence-electron chi connectivity index (χ3n) is 2.61. The Morgan fingerprint density at radius 3 is 2.71 bits per heavy atom. The van der Waals surface area contributed by atoms with Crippen molar-refractivity contribution >= 4 is 33.3 Å². The number of hydrogen-bond donors (Lipinski definition) is 3. The number of hydrogen-bond acceptors (Lipinski definition) is 4. The first-order valence-corrected chi connectivity index (χ1v) is 7.48. The number of ether oxygens (including phenoxy) is 1. The number of sulfonamides is 1. The van der Waals surface area contributed by atoms with Crippen molar-refractivity contribution in [1.29, 1.82) is 0 Å². The maximum absolute atomic E-state index is 12.2. The van der Waals surface area contributed by atoms with Gasteiger partial charge < -0.3 is 14.8 Å². The Labute approximate surface area is 125 Å². The number of aromatic carboxylic acids is 1. The van der Waals surface area contributed by atoms with Crippen molar-refractivity contribution in [1.82, 2.24) is 4.98 Å². The van der Waals surface area contributed by atoms with E-state index in [1.54, 1.807) is 12.1 Å². The molecule has 0 fully saturated rings. The summed E-state index contributed by atoms with van der Waals surface area (Å²) in [6, 6.07) is 5.61. The molecule has 9 heteroatoms. The van der Waals surface area contributed by atoms with E-state index in [2.05, 4.69) is 9.71 Å². The molecule has 0 unspecified atom stereocenters. The van der Waals surface area contributed by atoms with Crippen LogP contribution in [0.15, 0.2) is 35.4 Å². The molecule has 0 aliphatic carbocycles. The molecule has 0 bridgehead atoms. The van der Waals surface area contributed by atoms with Crippen LogP contribution in [0.3, 0.4) is 0 Å². The van der Waals surface area contributed by atoms with Gasteiger partial charge in [-0.2, -0.15) is 0 Å². The highest BCUT2D eigenvalue weighted by molar-refractivity contribution is 7.92. The molecule has 3 N–H and O–H groups in total. The monoisotopic (exact) mass is 330 g/mol. The summed E-state index contributed by atoms with van der Waals surface area (Å²) in [4.78, 5) is 12.9. The summed E-state index contributed by atoms with van der Waals surface area (Å²) >= 11 is 5.91. The second-order valence-electron chi connectivity index (χ2n) is 3.98. The lowest BCUT2D eigenvalue weighted by Gasteiger charge is -2.11. The second kappa shape index (κ2) is 5.66. The summed E-state index contributed by atoms with van der Waals surface area (Å²) in [6.07, 6.45) is 1.09. The molecule has 0 saturated carbocycles. The molecular formula is C12H11ClN2O5S. The Bertz CT molecular complexity index is 785. The Balaban J connectivity index is 2.37. The van der Waals surface area contributed by atoms with Crippen LogP contribution >= 0.6 is 11.6 Å². The lowest BCUT2D eigenvalue weighted by atomic mass is 10.3. The van der Waals surface area contributed by atoms with Gasteiger partial charge in [-0.3, -0.25) is 4.72 Å². The first-order chi connectivity index (χ1) is 9.85. The van der Waals surface area contributed by atoms with Crippen LogP contribution in [-0.4, -0.2) is 31.6 Å². The van der Waals surface area contributed by atoms with Crippen molar-refractivity contribution in [2.75, 3.05) is 11.8 Å². The molecule has 21 heavy (non-hydrogen) atoms. The number of para-hydroxylation sites is 1. The minimum absolute atomic E-state index is 0.156. The zero-order valence-corrected chi connectivity index (χ0v) is 12.3. The fraction of sp³-hybridized carbons (Fsp3) is 0.0833. The molecule has 1 aromatic carbocycles. The van der Waals surface area contributed by atoms with E-state index in [0.29, 0.717) is 0 Å². The maximum atomic E-state index is 12.2. The Hall–Kier alpha value is -2.19. The van der Waals surface area contributed by atoms with Gasteiger partial charge in [-0.1, -0.05) is 17.7 Å². The highest BCUT2D eigenvalue weighted by Gasteiger charge is 2.20. The topological polar surface area (TPSA) is 108 Å². The van der Waals surface area contributed by atoms with Crippen LogP contribution in [0, 0.1) is 0 Å². The van der Waals surface area contributed by atoms with Crippen LogP contribution < -0.4 is 9.46 Å². The van der Waals surface area contributed by atoms with Gasteiger partial charge >= 0.3 is 5.97 Å². The summed E-state index contributed by atoms with van der Waals surface area (Å²) in [5.41, 5.74) is -0.0727. The number of aromatic nitrogens is 1. The third-order valence-corrected chi connectivity index (χ3v) is 4.26. The van der Waals surface area contributed by atoms with Crippen molar-refractivity contribution in [2.45, 2.75) is 4.90 Å². The van der Waals surface area contributed by atoms with Crippen LogP contribution in [0.4, 0.5) is 5.69 Å². The lowest BCUT2D eigenvalue weighted by Crippen LogP contribution is -2.13. The minimum atomic E-state index is -3.96. The quantitative estimate of drug-likeness (QED) is 0.778. The largest absolute Gasteiger partial charge is 0.493 e. The SMILES string of the molecule is COc1c(Cl)cccc1NS(=O)(=O)c1c[nH]c(C(=O)O)c1. The molecule has 1 heterocycles. The van der Waals surface area contributed by atoms with Gasteiger partial charge in [-0.05, 0) is 18.2 Å². The van der Waals surface area contributed by atoms with Gasteiger partial charge in [0, 0.05) is 6.20 Å². The van der Waals surface area contributed by atoms with E-state index < -0.39 is 16.0 Å². The zero-order valence-electron chi connectivity index (χ0n) is 10.8. The average molecular weight is 331 g/mol. The van der Waals surface area contributed by atoms with Crippen LogP contribution in [-0.2, 0) is 10.0 Å². The van der Waals surface area contributed by atoms with Gasteiger partial charge in [0.25, 0.3) is 10.0 Å². The third kappa shape index (κ3) is 3.11. The smallest absolute Gasteiger partial charge is 0.352 e. The number of anilines is 1. The number of nitrogens with one attached hydrogen (secondary N) is 2. The molecule has 7 nitrogen and oxygen atoms in total. The van der Waals surface area contributed by atoms with Crippen molar-refractivity contribution < 1.29 is 23.1 Å². The van der Waals surface area contributed by atoms with Crippen molar-refractivity contribution in [3.8, 4) is 5.75 Å². The molecule has 2 aromatic rings. The predicted octanol–water partition coefficient (Wildman–Crippen LogP) is 2.18. The Kier molecular flexibility index (Phi) is 4.10. The predicted molar refractivity (Wildman–Crippen MR) is 76.6 cm³/mol. The number of H-pyrrole nitrogens is 1. The van der Waals surface area contributed by atoms with E-state index in [9.17, 15) is 13.2 Å². The normalized spacial score (nSPS) is 11.1. The number of carboxylic acids is 1. The molecule has 0 aliphatic heterocycles. The number of aromatic amines is 1. The minimum Gasteiger partial charge on any atom is -0.493 e. The van der Waals surface area contributed by atoms with E-state index >= 15 is 0 Å². The molecule has 112 valence electrons. The fourth-order valence-corrected chi connectivity index (χ4v) is 2.96. The number of rotatable bonds is 5. The van der Waals surface area contributed by atoms with Gasteiger partial charge in [0.1, 0.15) is 10.6 Å². The highest BCUT2D eigenvalue weighted by Crippen LogP contribution is 2.33. The molecule has 1 aromatic heterocycles. The van der Waals surface area contributed by atoms with Crippen LogP contribution in [0.25, 0.3) is 0 Å². The van der Waals surface area contributed by atoms with Gasteiger partial charge in [-0.25, -0.2) is 13.2 Å². The van der Waals surface area contributed by atoms with Gasteiger partial charge in [0.15, 0.2) is 5.75 Å². The number of benzene rings is 1. The Morgan fingerprint density at radius 2 is 2.14 bits per heavy atom. The summed E-state index contributed by atoms with van der Waals surface area (Å²) in [5.74, 6) is -1.08. The van der Waals surface area contributed by atoms with Gasteiger partial charge in [0.05, 0.1) is 17.8 Å². The van der Waals surface area contributed by atoms with Crippen molar-refractivity contribution in [3.05, 3.63) is 41.2 Å². The zero-order chi connectivity index (χ0) is 15.6. The standard InChI is InChI=1S/C12H11ClN2O5S/c1-20-11-8(13)3-2-4-9(11)15-21(18,19)7-5-10(12(16)17)14-6-7/h2-6,14-15H,1H3,(H,16,17). The second-order valence-corrected chi connectivity index (χ2v) is 6.07. The molecule has 2 rings (SSSR count). The highest BCUT2D eigenvalue weighted by atomic mass is 35.5. The van der Waals surface area contributed by atoms with Crippen molar-refractivity contribution in [3.63, 3.8) is 0 Å². The van der Waals surface area contributed by atoms with E-state index in [1.807, 2.05) is 0 Å². The van der Waals surface area contributed by atoms with E-state index in [0.717, 1.165) is 12.3 Å². The fourth-order valence-electron chi connectivity index (χ4n) is 1.65. The van der Waals surface area contributed by atoms with Gasteiger partial charge in [-0.15, -0.1) is 0 Å². The number of carbonyl (C=O) groups is 1. The van der Waals surface area contributed by atoms with Crippen LogP contribution in [0.2, 0.25) is 5.02 Å².